The van der Waals surface area contributed by atoms with Crippen LogP contribution in [0.3, 0.4) is 0 Å². The largest absolute Gasteiger partial charge is 0.435 e. The number of halogens is 4. The number of aryl methyl sites for hydroxylation is 1. The van der Waals surface area contributed by atoms with E-state index in [1.165, 1.54) is 4.68 Å². The summed E-state index contributed by atoms with van der Waals surface area (Å²) in [6.45, 7) is 0.530. The smallest absolute Gasteiger partial charge is 0.309 e. The van der Waals surface area contributed by atoms with Gasteiger partial charge in [-0.25, -0.2) is 0 Å². The zero-order chi connectivity index (χ0) is 21.3. The van der Waals surface area contributed by atoms with Crippen LogP contribution < -0.4 is 5.32 Å². The maximum Gasteiger partial charge on any atom is 0.435 e. The second kappa shape index (κ2) is 8.14. The molecule has 6 nitrogen and oxygen atoms in total. The summed E-state index contributed by atoms with van der Waals surface area (Å²) in [5, 5.41) is 11.2. The van der Waals surface area contributed by atoms with Crippen LogP contribution in [0.4, 0.5) is 19.0 Å². The van der Waals surface area contributed by atoms with Gasteiger partial charge in [-0.15, -0.1) is 0 Å². The van der Waals surface area contributed by atoms with Crippen LogP contribution >= 0.6 is 11.6 Å². The van der Waals surface area contributed by atoms with E-state index in [1.807, 2.05) is 18.2 Å². The van der Waals surface area contributed by atoms with Crippen LogP contribution in [0.2, 0.25) is 5.02 Å². The standard InChI is InChI=1S/C20H19ClF3N5O/c21-15-4-2-1-3-14(15)12-28-9-7-18(27-28)25-19(30)8-10-29-16(13-5-6-13)11-17(26-29)20(22,23)24/h1-4,7,9,11,13H,5-6,8,10,12H2,(H,25,27,30). The van der Waals surface area contributed by atoms with Gasteiger partial charge in [0.2, 0.25) is 5.91 Å². The summed E-state index contributed by atoms with van der Waals surface area (Å²) in [7, 11) is 0. The Balaban J connectivity index is 1.35. The molecule has 1 aliphatic carbocycles. The Labute approximate surface area is 175 Å². The van der Waals surface area contributed by atoms with Crippen molar-refractivity contribution < 1.29 is 18.0 Å². The number of amides is 1. The predicted octanol–water partition coefficient (Wildman–Crippen LogP) is 4.71. The molecular formula is C20H19ClF3N5O. The van der Waals surface area contributed by atoms with Crippen LogP contribution in [-0.4, -0.2) is 25.5 Å². The third kappa shape index (κ3) is 4.84. The van der Waals surface area contributed by atoms with Gasteiger partial charge >= 0.3 is 6.18 Å². The normalized spacial score (nSPS) is 14.1. The summed E-state index contributed by atoms with van der Waals surface area (Å²) in [6, 6.07) is 10.1. The quantitative estimate of drug-likeness (QED) is 0.582. The number of carbonyl (C=O) groups is 1. The Kier molecular flexibility index (Phi) is 5.55. The molecule has 1 fully saturated rings. The zero-order valence-electron chi connectivity index (χ0n) is 15.9. The minimum atomic E-state index is -4.49. The molecule has 1 aliphatic rings. The van der Waals surface area contributed by atoms with Gasteiger partial charge in [0.25, 0.3) is 0 Å². The first kappa shape index (κ1) is 20.5. The van der Waals surface area contributed by atoms with Gasteiger partial charge in [0.05, 0.1) is 6.54 Å². The van der Waals surface area contributed by atoms with E-state index in [0.29, 0.717) is 23.1 Å². The second-order valence-electron chi connectivity index (χ2n) is 7.24. The maximum absolute atomic E-state index is 13.0. The lowest BCUT2D eigenvalue weighted by Gasteiger charge is -2.07. The first-order chi connectivity index (χ1) is 14.3. The van der Waals surface area contributed by atoms with Crippen molar-refractivity contribution in [3.05, 3.63) is 64.6 Å². The fourth-order valence-electron chi connectivity index (χ4n) is 3.19. The Morgan fingerprint density at radius 2 is 1.97 bits per heavy atom. The van der Waals surface area contributed by atoms with E-state index in [4.69, 9.17) is 11.6 Å². The highest BCUT2D eigenvalue weighted by atomic mass is 35.5. The van der Waals surface area contributed by atoms with Crippen molar-refractivity contribution in [2.24, 2.45) is 0 Å². The van der Waals surface area contributed by atoms with E-state index in [1.54, 1.807) is 23.0 Å². The topological polar surface area (TPSA) is 64.7 Å². The van der Waals surface area contributed by atoms with Crippen molar-refractivity contribution in [2.45, 2.75) is 44.4 Å². The number of hydrogen-bond acceptors (Lipinski definition) is 3. The molecule has 1 amide bonds. The van der Waals surface area contributed by atoms with Gasteiger partial charge in [0.15, 0.2) is 11.5 Å². The van der Waals surface area contributed by atoms with Crippen LogP contribution in [0.5, 0.6) is 0 Å². The predicted molar refractivity (Wildman–Crippen MR) is 105 cm³/mol. The lowest BCUT2D eigenvalue weighted by Crippen LogP contribution is -2.17. The molecule has 10 heteroatoms. The number of hydrogen-bond donors (Lipinski definition) is 1. The number of benzene rings is 1. The summed E-state index contributed by atoms with van der Waals surface area (Å²) >= 11 is 6.14. The molecule has 0 unspecified atom stereocenters. The number of nitrogens with one attached hydrogen (secondary N) is 1. The molecule has 0 saturated heterocycles. The number of carbonyl (C=O) groups excluding carboxylic acids is 1. The van der Waals surface area contributed by atoms with Crippen LogP contribution in [0.15, 0.2) is 42.6 Å². The first-order valence-corrected chi connectivity index (χ1v) is 9.89. The van der Waals surface area contributed by atoms with Gasteiger partial charge in [0.1, 0.15) is 0 Å². The first-order valence-electron chi connectivity index (χ1n) is 9.51. The van der Waals surface area contributed by atoms with Gasteiger partial charge in [0, 0.05) is 41.9 Å². The average Bonchev–Trinajstić information content (AvgIpc) is 3.28. The summed E-state index contributed by atoms with van der Waals surface area (Å²) in [5.74, 6) is 0.117. The minimum Gasteiger partial charge on any atom is -0.309 e. The van der Waals surface area contributed by atoms with E-state index in [0.717, 1.165) is 24.5 Å². The third-order valence-electron chi connectivity index (χ3n) is 4.85. The van der Waals surface area contributed by atoms with E-state index in [2.05, 4.69) is 15.5 Å². The molecule has 4 rings (SSSR count). The molecule has 1 aromatic carbocycles. The van der Waals surface area contributed by atoms with Crippen molar-refractivity contribution in [1.29, 1.82) is 0 Å². The van der Waals surface area contributed by atoms with Crippen molar-refractivity contribution >= 4 is 23.3 Å². The molecule has 30 heavy (non-hydrogen) atoms. The number of anilines is 1. The van der Waals surface area contributed by atoms with Gasteiger partial charge in [-0.3, -0.25) is 14.2 Å². The number of rotatable bonds is 7. The summed E-state index contributed by atoms with van der Waals surface area (Å²) in [5.41, 5.74) is 0.522. The number of alkyl halides is 3. The fourth-order valence-corrected chi connectivity index (χ4v) is 3.38. The van der Waals surface area contributed by atoms with E-state index < -0.39 is 11.9 Å². The molecule has 0 aliphatic heterocycles. The molecule has 2 aromatic heterocycles. The van der Waals surface area contributed by atoms with Crippen LogP contribution in [0.1, 0.15) is 42.1 Å². The third-order valence-corrected chi connectivity index (χ3v) is 5.21. The molecule has 158 valence electrons. The van der Waals surface area contributed by atoms with Crippen LogP contribution in [-0.2, 0) is 24.1 Å². The number of nitrogens with zero attached hydrogens (tertiary/aromatic N) is 4. The van der Waals surface area contributed by atoms with Crippen LogP contribution in [0.25, 0.3) is 0 Å². The lowest BCUT2D eigenvalue weighted by atomic mass is 10.2. The highest BCUT2D eigenvalue weighted by molar-refractivity contribution is 6.31. The summed E-state index contributed by atoms with van der Waals surface area (Å²) in [4.78, 5) is 12.3. The highest BCUT2D eigenvalue weighted by Crippen LogP contribution is 2.42. The van der Waals surface area contributed by atoms with E-state index in [9.17, 15) is 18.0 Å². The molecule has 1 saturated carbocycles. The number of aromatic nitrogens is 4. The molecule has 0 radical (unpaired) electrons. The molecule has 3 aromatic rings. The van der Waals surface area contributed by atoms with Crippen molar-refractivity contribution in [3.63, 3.8) is 0 Å². The minimum absolute atomic E-state index is 0.00390. The second-order valence-corrected chi connectivity index (χ2v) is 7.64. The van der Waals surface area contributed by atoms with Crippen LogP contribution in [0, 0.1) is 0 Å². The average molecular weight is 438 g/mol. The Morgan fingerprint density at radius 3 is 2.67 bits per heavy atom. The van der Waals surface area contributed by atoms with Gasteiger partial charge < -0.3 is 5.32 Å². The fraction of sp³-hybridized carbons (Fsp3) is 0.350. The molecule has 0 atom stereocenters. The van der Waals surface area contributed by atoms with Gasteiger partial charge in [-0.05, 0) is 30.5 Å². The SMILES string of the molecule is O=C(CCn1nc(C(F)(F)F)cc1C1CC1)Nc1ccn(Cc2ccccc2Cl)n1. The lowest BCUT2D eigenvalue weighted by molar-refractivity contribution is -0.141. The Bertz CT molecular complexity index is 1050. The molecule has 2 heterocycles. The maximum atomic E-state index is 13.0. The van der Waals surface area contributed by atoms with Crippen molar-refractivity contribution in [1.82, 2.24) is 19.6 Å². The molecule has 0 spiro atoms. The zero-order valence-corrected chi connectivity index (χ0v) is 16.6. The summed E-state index contributed by atoms with van der Waals surface area (Å²) in [6.07, 6.45) is -1.09. The van der Waals surface area contributed by atoms with Gasteiger partial charge in [-0.1, -0.05) is 29.8 Å². The Morgan fingerprint density at radius 1 is 1.20 bits per heavy atom. The summed E-state index contributed by atoms with van der Waals surface area (Å²) < 4.78 is 41.8. The Hall–Kier alpha value is -2.81. The molecular weight excluding hydrogens is 419 g/mol. The van der Waals surface area contributed by atoms with E-state index in [-0.39, 0.29) is 24.8 Å². The van der Waals surface area contributed by atoms with Crippen molar-refractivity contribution in [2.75, 3.05) is 5.32 Å². The molecule has 0 bridgehead atoms. The van der Waals surface area contributed by atoms with E-state index >= 15 is 0 Å². The highest BCUT2D eigenvalue weighted by Gasteiger charge is 2.37. The van der Waals surface area contributed by atoms with Crippen molar-refractivity contribution in [3.8, 4) is 0 Å². The monoisotopic (exact) mass is 437 g/mol. The molecule has 1 N–H and O–H groups in total. The van der Waals surface area contributed by atoms with Gasteiger partial charge in [-0.2, -0.15) is 23.4 Å².